The van der Waals surface area contributed by atoms with Crippen LogP contribution >= 0.6 is 11.3 Å². The zero-order valence-electron chi connectivity index (χ0n) is 14.9. The minimum atomic E-state index is -3.70. The van der Waals surface area contributed by atoms with E-state index in [1.165, 1.54) is 27.5 Å². The summed E-state index contributed by atoms with van der Waals surface area (Å²) in [6.07, 6.45) is 1.02. The SMILES string of the molecule is C[C@H](NC(=O)C[NH+]1CCc2sccc2[C@H]1C)c1ccc(S(N)(=O)=O)cc1. The van der Waals surface area contributed by atoms with E-state index in [-0.39, 0.29) is 16.8 Å². The number of hydrogen-bond acceptors (Lipinski definition) is 4. The summed E-state index contributed by atoms with van der Waals surface area (Å²) in [6, 6.07) is 8.56. The van der Waals surface area contributed by atoms with E-state index >= 15 is 0 Å². The van der Waals surface area contributed by atoms with Crippen molar-refractivity contribution in [3.05, 3.63) is 51.7 Å². The van der Waals surface area contributed by atoms with Gasteiger partial charge in [0.05, 0.1) is 17.5 Å². The number of primary sulfonamides is 1. The van der Waals surface area contributed by atoms with Gasteiger partial charge in [0, 0.05) is 16.9 Å². The lowest BCUT2D eigenvalue weighted by Gasteiger charge is -2.30. The molecule has 26 heavy (non-hydrogen) atoms. The topological polar surface area (TPSA) is 93.7 Å². The first kappa shape index (κ1) is 19.0. The Morgan fingerprint density at radius 2 is 2.04 bits per heavy atom. The van der Waals surface area contributed by atoms with Crippen molar-refractivity contribution in [2.45, 2.75) is 37.2 Å². The molecule has 0 radical (unpaired) electrons. The molecule has 1 aromatic carbocycles. The van der Waals surface area contributed by atoms with E-state index in [1.54, 1.807) is 23.5 Å². The molecule has 1 amide bonds. The molecule has 6 nitrogen and oxygen atoms in total. The monoisotopic (exact) mass is 394 g/mol. The molecule has 1 aromatic heterocycles. The largest absolute Gasteiger partial charge is 0.345 e. The van der Waals surface area contributed by atoms with Crippen LogP contribution in [0.3, 0.4) is 0 Å². The average molecular weight is 395 g/mol. The van der Waals surface area contributed by atoms with Gasteiger partial charge in [-0.3, -0.25) is 4.79 Å². The lowest BCUT2D eigenvalue weighted by molar-refractivity contribution is -0.924. The Bertz CT molecular complexity index is 891. The number of nitrogens with two attached hydrogens (primary N) is 1. The highest BCUT2D eigenvalue weighted by atomic mass is 32.2. The van der Waals surface area contributed by atoms with Crippen molar-refractivity contribution in [2.24, 2.45) is 5.14 Å². The molecule has 8 heteroatoms. The van der Waals surface area contributed by atoms with Crippen molar-refractivity contribution in [1.29, 1.82) is 0 Å². The fourth-order valence-corrected chi connectivity index (χ4v) is 4.91. The van der Waals surface area contributed by atoms with Gasteiger partial charge in [-0.25, -0.2) is 13.6 Å². The highest BCUT2D eigenvalue weighted by molar-refractivity contribution is 7.89. The summed E-state index contributed by atoms with van der Waals surface area (Å²) in [5, 5.41) is 10.2. The minimum Gasteiger partial charge on any atom is -0.345 e. The molecular weight excluding hydrogens is 370 g/mol. The third-order valence-electron chi connectivity index (χ3n) is 5.01. The minimum absolute atomic E-state index is 0.00597. The molecule has 3 rings (SSSR count). The number of sulfonamides is 1. The first-order valence-corrected chi connectivity index (χ1v) is 11.0. The van der Waals surface area contributed by atoms with Gasteiger partial charge in [0.2, 0.25) is 10.0 Å². The fourth-order valence-electron chi connectivity index (χ4n) is 3.42. The molecule has 4 N–H and O–H groups in total. The van der Waals surface area contributed by atoms with E-state index in [2.05, 4.69) is 23.7 Å². The van der Waals surface area contributed by atoms with Crippen LogP contribution in [0.2, 0.25) is 0 Å². The third-order valence-corrected chi connectivity index (χ3v) is 6.93. The number of hydrogen-bond donors (Lipinski definition) is 3. The molecule has 0 saturated heterocycles. The van der Waals surface area contributed by atoms with E-state index in [9.17, 15) is 13.2 Å². The molecule has 0 saturated carbocycles. The number of nitrogens with one attached hydrogen (secondary N) is 2. The third kappa shape index (κ3) is 4.15. The Hall–Kier alpha value is -1.74. The standard InChI is InChI=1S/C18H23N3O3S2/c1-12(14-3-5-15(6-4-14)26(19,23)24)20-18(22)11-21-9-7-17-16(13(21)2)8-10-25-17/h3-6,8,10,12-13H,7,9,11H2,1-2H3,(H,20,22)(H2,19,23,24)/p+1/t12-,13+/m0/s1. The fraction of sp³-hybridized carbons (Fsp3) is 0.389. The van der Waals surface area contributed by atoms with Gasteiger partial charge in [-0.2, -0.15) is 0 Å². The van der Waals surface area contributed by atoms with Crippen molar-refractivity contribution in [3.8, 4) is 0 Å². The molecule has 2 heterocycles. The smallest absolute Gasteiger partial charge is 0.275 e. The number of rotatable bonds is 5. The second kappa shape index (κ2) is 7.48. The van der Waals surface area contributed by atoms with Crippen LogP contribution in [0.4, 0.5) is 0 Å². The number of amides is 1. The maximum Gasteiger partial charge on any atom is 0.275 e. The number of carbonyl (C=O) groups is 1. The van der Waals surface area contributed by atoms with Crippen LogP contribution in [0.25, 0.3) is 0 Å². The normalized spacial score (nSPS) is 21.0. The quantitative estimate of drug-likeness (QED) is 0.699. The first-order valence-electron chi connectivity index (χ1n) is 8.58. The average Bonchev–Trinajstić information content (AvgIpc) is 3.06. The molecule has 0 aliphatic carbocycles. The number of thiophene rings is 1. The van der Waals surface area contributed by atoms with Crippen molar-refractivity contribution in [3.63, 3.8) is 0 Å². The molecule has 3 atom stereocenters. The predicted molar refractivity (Wildman–Crippen MR) is 102 cm³/mol. The second-order valence-corrected chi connectivity index (χ2v) is 9.32. The van der Waals surface area contributed by atoms with Crippen molar-refractivity contribution in [2.75, 3.05) is 13.1 Å². The Kier molecular flexibility index (Phi) is 5.47. The number of benzene rings is 1. The summed E-state index contributed by atoms with van der Waals surface area (Å²) < 4.78 is 22.6. The van der Waals surface area contributed by atoms with Crippen molar-refractivity contribution >= 4 is 27.3 Å². The van der Waals surface area contributed by atoms with E-state index in [0.29, 0.717) is 12.6 Å². The highest BCUT2D eigenvalue weighted by Gasteiger charge is 2.29. The molecule has 1 aliphatic rings. The maximum absolute atomic E-state index is 12.5. The summed E-state index contributed by atoms with van der Waals surface area (Å²) in [5.74, 6) is -0.00597. The van der Waals surface area contributed by atoms with E-state index in [1.807, 2.05) is 6.92 Å². The molecule has 0 spiro atoms. The molecule has 1 aliphatic heterocycles. The highest BCUT2D eigenvalue weighted by Crippen LogP contribution is 2.24. The van der Waals surface area contributed by atoms with Gasteiger partial charge in [-0.15, -0.1) is 11.3 Å². The summed E-state index contributed by atoms with van der Waals surface area (Å²) in [5.41, 5.74) is 2.20. The Labute approximate surface area is 158 Å². The Balaban J connectivity index is 1.60. The van der Waals surface area contributed by atoms with Gasteiger partial charge in [-0.1, -0.05) is 12.1 Å². The van der Waals surface area contributed by atoms with Gasteiger partial charge in [-0.05, 0) is 43.0 Å². The molecule has 2 aromatic rings. The van der Waals surface area contributed by atoms with Crippen LogP contribution in [0.5, 0.6) is 0 Å². The van der Waals surface area contributed by atoms with Crippen LogP contribution in [-0.2, 0) is 21.2 Å². The van der Waals surface area contributed by atoms with Gasteiger partial charge < -0.3 is 10.2 Å². The number of fused-ring (bicyclic) bond motifs is 1. The molecule has 1 unspecified atom stereocenters. The lowest BCUT2D eigenvalue weighted by atomic mass is 10.0. The van der Waals surface area contributed by atoms with E-state index < -0.39 is 10.0 Å². The predicted octanol–water partition coefficient (Wildman–Crippen LogP) is 0.775. The zero-order chi connectivity index (χ0) is 18.9. The summed E-state index contributed by atoms with van der Waals surface area (Å²) >= 11 is 1.80. The molecule has 0 bridgehead atoms. The summed E-state index contributed by atoms with van der Waals surface area (Å²) in [4.78, 5) is 15.2. The van der Waals surface area contributed by atoms with Crippen LogP contribution in [0.1, 0.15) is 41.9 Å². The zero-order valence-corrected chi connectivity index (χ0v) is 16.5. The Morgan fingerprint density at radius 1 is 1.35 bits per heavy atom. The molecule has 0 fully saturated rings. The molecule has 140 valence electrons. The van der Waals surface area contributed by atoms with Gasteiger partial charge in [0.15, 0.2) is 6.54 Å². The van der Waals surface area contributed by atoms with E-state index in [4.69, 9.17) is 5.14 Å². The van der Waals surface area contributed by atoms with Gasteiger partial charge in [0.25, 0.3) is 5.91 Å². The number of carbonyl (C=O) groups excluding carboxylic acids is 1. The summed E-state index contributed by atoms with van der Waals surface area (Å²) in [6.45, 7) is 5.44. The number of quaternary nitrogens is 1. The first-order chi connectivity index (χ1) is 12.3. The van der Waals surface area contributed by atoms with Crippen molar-refractivity contribution in [1.82, 2.24) is 5.32 Å². The molecular formula is C18H24N3O3S2+. The maximum atomic E-state index is 12.5. The van der Waals surface area contributed by atoms with Crippen LogP contribution in [0.15, 0.2) is 40.6 Å². The van der Waals surface area contributed by atoms with Crippen molar-refractivity contribution < 1.29 is 18.1 Å². The van der Waals surface area contributed by atoms with Crippen LogP contribution < -0.4 is 15.4 Å². The van der Waals surface area contributed by atoms with Crippen LogP contribution in [-0.4, -0.2) is 27.4 Å². The van der Waals surface area contributed by atoms with Crippen LogP contribution in [0, 0.1) is 0 Å². The lowest BCUT2D eigenvalue weighted by Crippen LogP contribution is -3.14. The second-order valence-electron chi connectivity index (χ2n) is 6.76. The van der Waals surface area contributed by atoms with Gasteiger partial charge >= 0.3 is 0 Å². The van der Waals surface area contributed by atoms with E-state index in [0.717, 1.165) is 18.5 Å². The Morgan fingerprint density at radius 3 is 2.69 bits per heavy atom. The van der Waals surface area contributed by atoms with Gasteiger partial charge in [0.1, 0.15) is 6.04 Å². The summed E-state index contributed by atoms with van der Waals surface area (Å²) in [7, 11) is -3.70.